The average molecular weight is 417 g/mol. The number of nitrogens with one attached hydrogen (secondary N) is 2. The van der Waals surface area contributed by atoms with Gasteiger partial charge < -0.3 is 19.5 Å². The largest absolute Gasteiger partial charge is 0.494 e. The molecule has 0 spiro atoms. The number of amides is 1. The molecule has 0 unspecified atom stereocenters. The van der Waals surface area contributed by atoms with Crippen LogP contribution < -0.4 is 24.8 Å². The summed E-state index contributed by atoms with van der Waals surface area (Å²) in [7, 11) is 4.43. The molecule has 0 atom stereocenters. The predicted molar refractivity (Wildman–Crippen MR) is 113 cm³/mol. The summed E-state index contributed by atoms with van der Waals surface area (Å²) in [5.74, 6) is 0.879. The summed E-state index contributed by atoms with van der Waals surface area (Å²) in [5.41, 5.74) is 0.987. The van der Waals surface area contributed by atoms with Crippen LogP contribution in [0.3, 0.4) is 0 Å². The molecule has 2 rings (SSSR count). The lowest BCUT2D eigenvalue weighted by molar-refractivity contribution is -0.384. The quantitative estimate of drug-likeness (QED) is 0.306. The molecular formula is C19H19N3O6S. The van der Waals surface area contributed by atoms with E-state index in [2.05, 4.69) is 10.6 Å². The molecule has 2 aromatic carbocycles. The van der Waals surface area contributed by atoms with E-state index in [0.717, 1.165) is 5.56 Å². The maximum atomic E-state index is 12.1. The number of ether oxygens (including phenoxy) is 3. The highest BCUT2D eigenvalue weighted by Gasteiger charge is 2.12. The van der Waals surface area contributed by atoms with E-state index in [4.69, 9.17) is 26.4 Å². The summed E-state index contributed by atoms with van der Waals surface area (Å²) < 4.78 is 15.5. The number of thiocarbonyl (C=S) groups is 1. The maximum absolute atomic E-state index is 12.1. The van der Waals surface area contributed by atoms with Crippen molar-refractivity contribution >= 4 is 40.7 Å². The SMILES string of the molecule is COc1cc([N+](=O)[O-])ccc1NC(=S)NC(=O)/C=C/c1ccc(OC)c(OC)c1. The Balaban J connectivity index is 2.01. The first-order valence-electron chi connectivity index (χ1n) is 8.22. The van der Waals surface area contributed by atoms with E-state index in [9.17, 15) is 14.9 Å². The molecule has 0 aliphatic carbocycles. The van der Waals surface area contributed by atoms with Crippen molar-refractivity contribution in [2.75, 3.05) is 26.6 Å². The van der Waals surface area contributed by atoms with Gasteiger partial charge in [0.2, 0.25) is 5.91 Å². The van der Waals surface area contributed by atoms with Crippen LogP contribution in [0, 0.1) is 10.1 Å². The number of carbonyl (C=O) groups is 1. The molecule has 2 aromatic rings. The molecule has 9 nitrogen and oxygen atoms in total. The van der Waals surface area contributed by atoms with Crippen molar-refractivity contribution in [1.82, 2.24) is 5.32 Å². The molecule has 2 N–H and O–H groups in total. The molecule has 0 fully saturated rings. The number of hydrogen-bond acceptors (Lipinski definition) is 7. The number of methoxy groups -OCH3 is 3. The fourth-order valence-electron chi connectivity index (χ4n) is 2.33. The van der Waals surface area contributed by atoms with E-state index in [-0.39, 0.29) is 16.5 Å². The van der Waals surface area contributed by atoms with E-state index in [1.54, 1.807) is 24.3 Å². The first-order chi connectivity index (χ1) is 13.9. The number of non-ortho nitro benzene ring substituents is 1. The number of benzene rings is 2. The zero-order valence-electron chi connectivity index (χ0n) is 15.9. The van der Waals surface area contributed by atoms with Gasteiger partial charge in [-0.2, -0.15) is 0 Å². The minimum atomic E-state index is -0.536. The second-order valence-electron chi connectivity index (χ2n) is 5.53. The average Bonchev–Trinajstić information content (AvgIpc) is 2.71. The first kappa shape index (κ1) is 21.6. The smallest absolute Gasteiger partial charge is 0.273 e. The molecular weight excluding hydrogens is 398 g/mol. The second-order valence-corrected chi connectivity index (χ2v) is 5.94. The van der Waals surface area contributed by atoms with Gasteiger partial charge in [-0.1, -0.05) is 6.07 Å². The highest BCUT2D eigenvalue weighted by atomic mass is 32.1. The number of carbonyl (C=O) groups excluding carboxylic acids is 1. The van der Waals surface area contributed by atoms with Crippen LogP contribution in [0.25, 0.3) is 6.08 Å². The Kier molecular flexibility index (Phi) is 7.49. The normalized spacial score (nSPS) is 10.3. The van der Waals surface area contributed by atoms with Crippen LogP contribution in [-0.2, 0) is 4.79 Å². The van der Waals surface area contributed by atoms with Crippen LogP contribution in [0.2, 0.25) is 0 Å². The molecule has 0 radical (unpaired) electrons. The van der Waals surface area contributed by atoms with Crippen molar-refractivity contribution in [1.29, 1.82) is 0 Å². The van der Waals surface area contributed by atoms with Gasteiger partial charge in [-0.05, 0) is 42.1 Å². The number of nitro groups is 1. The maximum Gasteiger partial charge on any atom is 0.273 e. The summed E-state index contributed by atoms with van der Waals surface area (Å²) in [6.45, 7) is 0. The van der Waals surface area contributed by atoms with Crippen LogP contribution in [0.15, 0.2) is 42.5 Å². The molecule has 0 saturated carbocycles. The molecule has 152 valence electrons. The second kappa shape index (κ2) is 10.0. The predicted octanol–water partition coefficient (Wildman–Crippen LogP) is 3.15. The third kappa shape index (κ3) is 5.91. The van der Waals surface area contributed by atoms with Crippen molar-refractivity contribution in [3.63, 3.8) is 0 Å². The van der Waals surface area contributed by atoms with Crippen molar-refractivity contribution in [2.45, 2.75) is 0 Å². The van der Waals surface area contributed by atoms with E-state index in [0.29, 0.717) is 17.2 Å². The summed E-state index contributed by atoms with van der Waals surface area (Å²) in [5, 5.41) is 16.1. The highest BCUT2D eigenvalue weighted by Crippen LogP contribution is 2.29. The molecule has 0 aromatic heterocycles. The molecule has 0 aliphatic heterocycles. The molecule has 0 bridgehead atoms. The van der Waals surface area contributed by atoms with Gasteiger partial charge in [-0.15, -0.1) is 0 Å². The Morgan fingerprint density at radius 2 is 1.72 bits per heavy atom. The minimum Gasteiger partial charge on any atom is -0.494 e. The van der Waals surface area contributed by atoms with Crippen LogP contribution in [-0.4, -0.2) is 37.3 Å². The lowest BCUT2D eigenvalue weighted by atomic mass is 10.2. The molecule has 0 heterocycles. The fraction of sp³-hybridized carbons (Fsp3) is 0.158. The van der Waals surface area contributed by atoms with Gasteiger partial charge in [0.25, 0.3) is 5.69 Å². The van der Waals surface area contributed by atoms with Crippen molar-refractivity contribution in [3.8, 4) is 17.2 Å². The third-order valence-corrected chi connectivity index (χ3v) is 3.92. The number of hydrogen-bond donors (Lipinski definition) is 2. The van der Waals surface area contributed by atoms with Crippen LogP contribution in [0.1, 0.15) is 5.56 Å². The lowest BCUT2D eigenvalue weighted by Crippen LogP contribution is -2.32. The standard InChI is InChI=1S/C19H19N3O6S/c1-26-15-8-4-12(10-17(15)28-3)5-9-18(23)21-19(29)20-14-7-6-13(22(24)25)11-16(14)27-2/h4-11H,1-3H3,(H2,20,21,23,29)/b9-5+. The lowest BCUT2D eigenvalue weighted by Gasteiger charge is -2.11. The van der Waals surface area contributed by atoms with E-state index in [1.807, 2.05) is 0 Å². The Bertz CT molecular complexity index is 961. The van der Waals surface area contributed by atoms with Gasteiger partial charge in [0.1, 0.15) is 5.75 Å². The van der Waals surface area contributed by atoms with Gasteiger partial charge in [0.05, 0.1) is 38.0 Å². The Labute approximate surface area is 172 Å². The first-order valence-corrected chi connectivity index (χ1v) is 8.63. The number of anilines is 1. The molecule has 29 heavy (non-hydrogen) atoms. The summed E-state index contributed by atoms with van der Waals surface area (Å²) in [6, 6.07) is 9.21. The highest BCUT2D eigenvalue weighted by molar-refractivity contribution is 7.80. The topological polar surface area (TPSA) is 112 Å². The van der Waals surface area contributed by atoms with Crippen LogP contribution in [0.5, 0.6) is 17.2 Å². The van der Waals surface area contributed by atoms with E-state index in [1.165, 1.54) is 45.6 Å². The Hall–Kier alpha value is -3.66. The molecule has 1 amide bonds. The van der Waals surface area contributed by atoms with Crippen molar-refractivity contribution < 1.29 is 23.9 Å². The van der Waals surface area contributed by atoms with Crippen molar-refractivity contribution in [3.05, 3.63) is 58.2 Å². The zero-order chi connectivity index (χ0) is 21.4. The Morgan fingerprint density at radius 3 is 2.34 bits per heavy atom. The molecule has 0 saturated heterocycles. The summed E-state index contributed by atoms with van der Waals surface area (Å²) in [4.78, 5) is 22.4. The number of nitro benzene ring substituents is 1. The number of nitrogens with zero attached hydrogens (tertiary/aromatic N) is 1. The van der Waals surface area contributed by atoms with Gasteiger partial charge in [0.15, 0.2) is 16.6 Å². The van der Waals surface area contributed by atoms with Crippen molar-refractivity contribution in [2.24, 2.45) is 0 Å². The van der Waals surface area contributed by atoms with Gasteiger partial charge >= 0.3 is 0 Å². The zero-order valence-corrected chi connectivity index (χ0v) is 16.7. The van der Waals surface area contributed by atoms with Gasteiger partial charge in [-0.25, -0.2) is 0 Å². The molecule has 0 aliphatic rings. The summed E-state index contributed by atoms with van der Waals surface area (Å²) >= 11 is 5.10. The van der Waals surface area contributed by atoms with Gasteiger partial charge in [-0.3, -0.25) is 20.2 Å². The summed E-state index contributed by atoms with van der Waals surface area (Å²) in [6.07, 6.45) is 2.90. The minimum absolute atomic E-state index is 0.0131. The Morgan fingerprint density at radius 1 is 1.03 bits per heavy atom. The van der Waals surface area contributed by atoms with Crippen LogP contribution in [0.4, 0.5) is 11.4 Å². The van der Waals surface area contributed by atoms with Crippen LogP contribution >= 0.6 is 12.2 Å². The third-order valence-electron chi connectivity index (χ3n) is 3.72. The fourth-order valence-corrected chi connectivity index (χ4v) is 2.54. The molecule has 10 heteroatoms. The number of rotatable bonds is 7. The monoisotopic (exact) mass is 417 g/mol. The van der Waals surface area contributed by atoms with E-state index >= 15 is 0 Å². The van der Waals surface area contributed by atoms with Gasteiger partial charge in [0, 0.05) is 12.1 Å². The van der Waals surface area contributed by atoms with E-state index < -0.39 is 10.8 Å².